The van der Waals surface area contributed by atoms with Crippen LogP contribution in [0.3, 0.4) is 0 Å². The highest BCUT2D eigenvalue weighted by Gasteiger charge is 2.40. The molecule has 2 aromatic rings. The lowest BCUT2D eigenvalue weighted by Crippen LogP contribution is -2.46. The summed E-state index contributed by atoms with van der Waals surface area (Å²) in [6, 6.07) is 4.69. The van der Waals surface area contributed by atoms with E-state index in [1.54, 1.807) is 0 Å². The number of rotatable bonds is 8. The summed E-state index contributed by atoms with van der Waals surface area (Å²) in [5.41, 5.74) is 3.90. The Morgan fingerprint density at radius 1 is 0.889 bits per heavy atom. The third-order valence-electron chi connectivity index (χ3n) is 7.86. The predicted molar refractivity (Wildman–Crippen MR) is 151 cm³/mol. The predicted octanol–water partition coefficient (Wildman–Crippen LogP) is 5.71. The molecule has 204 valence electrons. The van der Waals surface area contributed by atoms with Gasteiger partial charge < -0.3 is 9.47 Å². The van der Waals surface area contributed by atoms with Crippen LogP contribution in [0, 0.1) is 11.8 Å². The van der Waals surface area contributed by atoms with Crippen LogP contribution in [0.1, 0.15) is 85.3 Å². The van der Waals surface area contributed by atoms with E-state index in [4.69, 9.17) is 19.7 Å². The molecule has 3 atom stereocenters. The van der Waals surface area contributed by atoms with Crippen LogP contribution in [0.2, 0.25) is 0 Å². The summed E-state index contributed by atoms with van der Waals surface area (Å²) in [7, 11) is -0.211. The van der Waals surface area contributed by atoms with E-state index in [0.29, 0.717) is 11.8 Å². The van der Waals surface area contributed by atoms with Gasteiger partial charge in [-0.15, -0.1) is 0 Å². The van der Waals surface area contributed by atoms with E-state index in [2.05, 4.69) is 89.4 Å². The molecule has 0 saturated carbocycles. The molecule has 2 fully saturated rings. The first-order valence-electron chi connectivity index (χ1n) is 13.7. The molecule has 0 amide bonds. The Hall–Kier alpha value is -1.31. The van der Waals surface area contributed by atoms with Crippen LogP contribution >= 0.6 is 10.9 Å². The first kappa shape index (κ1) is 27.7. The second kappa shape index (κ2) is 10.1. The first-order valence-corrected chi connectivity index (χ1v) is 15.9. The van der Waals surface area contributed by atoms with E-state index in [0.717, 1.165) is 45.8 Å². The van der Waals surface area contributed by atoms with Gasteiger partial charge in [-0.05, 0) is 37.5 Å². The van der Waals surface area contributed by atoms with Crippen LogP contribution in [0.25, 0.3) is 0 Å². The van der Waals surface area contributed by atoms with E-state index < -0.39 is 0 Å². The van der Waals surface area contributed by atoms with Crippen LogP contribution < -0.4 is 0 Å². The second-order valence-corrected chi connectivity index (χ2v) is 16.3. The molecule has 2 saturated heterocycles. The topological polar surface area (TPSA) is 54.1 Å². The van der Waals surface area contributed by atoms with Crippen molar-refractivity contribution in [2.24, 2.45) is 11.8 Å². The Balaban J connectivity index is 1.50. The molecule has 7 heteroatoms. The van der Waals surface area contributed by atoms with Gasteiger partial charge in [-0.1, -0.05) is 55.4 Å². The first-order chi connectivity index (χ1) is 16.6. The van der Waals surface area contributed by atoms with E-state index in [-0.39, 0.29) is 33.2 Å². The SMILES string of the molecule is C[SH](C)c1cc(C(C)(C)C)n(CC2COC2CC(C)(C)c2cc(C(C)(C)C)n(CC3CCOC3)n2)n1. The average Bonchev–Trinajstić information content (AvgIpc) is 3.48. The third kappa shape index (κ3) is 6.05. The average molecular weight is 519 g/mol. The smallest absolute Gasteiger partial charge is 0.0984 e. The fraction of sp³-hybridized carbons (Fsp3) is 0.793. The van der Waals surface area contributed by atoms with Crippen molar-refractivity contribution in [2.75, 3.05) is 32.3 Å². The molecule has 36 heavy (non-hydrogen) atoms. The quantitative estimate of drug-likeness (QED) is 0.455. The second-order valence-electron chi connectivity index (χ2n) is 14.0. The fourth-order valence-corrected chi connectivity index (χ4v) is 6.09. The molecule has 4 heterocycles. The zero-order valence-corrected chi connectivity index (χ0v) is 25.3. The molecule has 6 nitrogen and oxygen atoms in total. The molecule has 0 N–H and O–H groups in total. The lowest BCUT2D eigenvalue weighted by molar-refractivity contribution is -0.132. The highest BCUT2D eigenvalue weighted by Crippen LogP contribution is 2.39. The van der Waals surface area contributed by atoms with Crippen molar-refractivity contribution in [3.8, 4) is 0 Å². The molecule has 0 spiro atoms. The van der Waals surface area contributed by atoms with Gasteiger partial charge in [0, 0.05) is 59.2 Å². The van der Waals surface area contributed by atoms with Crippen LogP contribution in [0.15, 0.2) is 17.2 Å². The highest BCUT2D eigenvalue weighted by molar-refractivity contribution is 8.15. The van der Waals surface area contributed by atoms with Gasteiger partial charge in [0.05, 0.1) is 30.0 Å². The monoisotopic (exact) mass is 518 g/mol. The Morgan fingerprint density at radius 2 is 1.53 bits per heavy atom. The number of hydrogen-bond donors (Lipinski definition) is 1. The summed E-state index contributed by atoms with van der Waals surface area (Å²) in [6.07, 6.45) is 6.91. The van der Waals surface area contributed by atoms with Crippen LogP contribution in [-0.4, -0.2) is 58.0 Å². The molecule has 0 bridgehead atoms. The lowest BCUT2D eigenvalue weighted by Gasteiger charge is -2.41. The maximum atomic E-state index is 6.18. The van der Waals surface area contributed by atoms with Crippen LogP contribution in [0.5, 0.6) is 0 Å². The van der Waals surface area contributed by atoms with Crippen molar-refractivity contribution in [3.05, 3.63) is 29.2 Å². The number of ether oxygens (including phenoxy) is 2. The number of nitrogens with zero attached hydrogens (tertiary/aromatic N) is 4. The van der Waals surface area contributed by atoms with Crippen LogP contribution in [0.4, 0.5) is 0 Å². The lowest BCUT2D eigenvalue weighted by atomic mass is 9.78. The largest absolute Gasteiger partial charge is 0.381 e. The molecule has 2 aliphatic rings. The number of hydrogen-bond acceptors (Lipinski definition) is 4. The van der Waals surface area contributed by atoms with Crippen molar-refractivity contribution >= 4 is 10.9 Å². The van der Waals surface area contributed by atoms with Crippen molar-refractivity contribution in [1.29, 1.82) is 0 Å². The Morgan fingerprint density at radius 3 is 2.06 bits per heavy atom. The van der Waals surface area contributed by atoms with Crippen LogP contribution in [-0.2, 0) is 38.8 Å². The van der Waals surface area contributed by atoms with E-state index in [1.807, 2.05) is 0 Å². The molecule has 0 radical (unpaired) electrons. The Labute approximate surface area is 221 Å². The van der Waals surface area contributed by atoms with Gasteiger partial charge in [0.15, 0.2) is 0 Å². The summed E-state index contributed by atoms with van der Waals surface area (Å²) in [5, 5.41) is 11.5. The molecule has 0 aromatic carbocycles. The molecule has 3 unspecified atom stereocenters. The van der Waals surface area contributed by atoms with E-state index in [9.17, 15) is 0 Å². The molecule has 0 aliphatic carbocycles. The van der Waals surface area contributed by atoms with Gasteiger partial charge >= 0.3 is 0 Å². The fourth-order valence-electron chi connectivity index (χ4n) is 5.42. The van der Waals surface area contributed by atoms with Gasteiger partial charge in [-0.25, -0.2) is 10.9 Å². The van der Waals surface area contributed by atoms with Gasteiger partial charge in [0.1, 0.15) is 0 Å². The van der Waals surface area contributed by atoms with Gasteiger partial charge in [-0.3, -0.25) is 9.36 Å². The van der Waals surface area contributed by atoms with Crippen molar-refractivity contribution < 1.29 is 9.47 Å². The zero-order valence-electron chi connectivity index (χ0n) is 24.4. The maximum absolute atomic E-state index is 6.18. The Kier molecular flexibility index (Phi) is 7.78. The van der Waals surface area contributed by atoms with E-state index >= 15 is 0 Å². The summed E-state index contributed by atoms with van der Waals surface area (Å²) < 4.78 is 16.4. The minimum absolute atomic E-state index is 0.0510. The molecule has 4 rings (SSSR count). The summed E-state index contributed by atoms with van der Waals surface area (Å²) in [4.78, 5) is 0. The third-order valence-corrected chi connectivity index (χ3v) is 8.99. The molecule has 2 aromatic heterocycles. The zero-order chi connectivity index (χ0) is 26.5. The van der Waals surface area contributed by atoms with E-state index in [1.165, 1.54) is 22.1 Å². The van der Waals surface area contributed by atoms with Crippen molar-refractivity contribution in [3.63, 3.8) is 0 Å². The van der Waals surface area contributed by atoms with Crippen molar-refractivity contribution in [2.45, 2.75) is 109 Å². The number of thiol groups is 1. The standard InChI is InChI=1S/C29H50N4O2S/c1-27(2,3)24-13-23(30-32(24)16-20-11-12-34-18-20)29(7,8)15-22-21(19-35-22)17-33-25(28(4,5)6)14-26(31-33)36(9)10/h13-14,20-22,36H,11-12,15-19H2,1-10H3. The van der Waals surface area contributed by atoms with Gasteiger partial charge in [0.2, 0.25) is 0 Å². The summed E-state index contributed by atoms with van der Waals surface area (Å²) in [5.74, 6) is 1.04. The Bertz CT molecular complexity index is 1030. The van der Waals surface area contributed by atoms with Gasteiger partial charge in [0.25, 0.3) is 0 Å². The normalized spacial score (nSPS) is 23.7. The summed E-state index contributed by atoms with van der Waals surface area (Å²) >= 11 is 0. The molecule has 2 aliphatic heterocycles. The molecular weight excluding hydrogens is 468 g/mol. The molecular formula is C29H50N4O2S. The summed E-state index contributed by atoms with van der Waals surface area (Å²) in [6.45, 7) is 22.8. The highest BCUT2D eigenvalue weighted by atomic mass is 32.2. The maximum Gasteiger partial charge on any atom is 0.0984 e. The minimum Gasteiger partial charge on any atom is -0.381 e. The van der Waals surface area contributed by atoms with Gasteiger partial charge in [-0.2, -0.15) is 10.2 Å². The minimum atomic E-state index is -0.211. The number of aromatic nitrogens is 4. The van der Waals surface area contributed by atoms with Crippen molar-refractivity contribution in [1.82, 2.24) is 19.6 Å².